The zero-order valence-electron chi connectivity index (χ0n) is 10.8. The number of amides is 2. The van der Waals surface area contributed by atoms with Gasteiger partial charge < -0.3 is 10.6 Å². The monoisotopic (exact) mass is 332 g/mol. The minimum absolute atomic E-state index is 0.191. The first-order valence-corrected chi connectivity index (χ1v) is 6.78. The first kappa shape index (κ1) is 14.3. The number of rotatable bonds is 3. The van der Waals surface area contributed by atoms with Crippen molar-refractivity contribution >= 4 is 33.4 Å². The summed E-state index contributed by atoms with van der Waals surface area (Å²) in [5.74, 6) is -0.413. The van der Waals surface area contributed by atoms with Crippen LogP contribution in [0.5, 0.6) is 0 Å². The molecular weight excluding hydrogens is 320 g/mol. The summed E-state index contributed by atoms with van der Waals surface area (Å²) in [7, 11) is 1.56. The van der Waals surface area contributed by atoms with Gasteiger partial charge in [0.05, 0.1) is 0 Å². The summed E-state index contributed by atoms with van der Waals surface area (Å²) in [6.07, 6.45) is 0. The van der Waals surface area contributed by atoms with Crippen molar-refractivity contribution in [2.45, 2.75) is 0 Å². The second kappa shape index (κ2) is 6.34. The molecule has 2 aromatic carbocycles. The van der Waals surface area contributed by atoms with Crippen LogP contribution in [-0.2, 0) is 0 Å². The molecule has 0 fully saturated rings. The van der Waals surface area contributed by atoms with Crippen molar-refractivity contribution in [2.24, 2.45) is 0 Å². The van der Waals surface area contributed by atoms with Crippen molar-refractivity contribution < 1.29 is 9.59 Å². The van der Waals surface area contributed by atoms with Crippen LogP contribution < -0.4 is 10.6 Å². The molecule has 2 N–H and O–H groups in total. The van der Waals surface area contributed by atoms with E-state index < -0.39 is 0 Å². The second-order valence-electron chi connectivity index (χ2n) is 4.12. The van der Waals surface area contributed by atoms with Gasteiger partial charge in [0.25, 0.3) is 11.8 Å². The summed E-state index contributed by atoms with van der Waals surface area (Å²) in [6.45, 7) is 0. The number of halogens is 1. The molecule has 0 aliphatic rings. The van der Waals surface area contributed by atoms with Gasteiger partial charge in [0.2, 0.25) is 0 Å². The third-order valence-electron chi connectivity index (χ3n) is 2.70. The van der Waals surface area contributed by atoms with E-state index >= 15 is 0 Å². The molecule has 0 saturated heterocycles. The zero-order chi connectivity index (χ0) is 14.5. The Morgan fingerprint density at radius 3 is 2.25 bits per heavy atom. The van der Waals surface area contributed by atoms with Crippen LogP contribution in [0.4, 0.5) is 5.69 Å². The van der Waals surface area contributed by atoms with E-state index in [9.17, 15) is 9.59 Å². The Morgan fingerprint density at radius 2 is 1.60 bits per heavy atom. The smallest absolute Gasteiger partial charge is 0.255 e. The molecule has 0 saturated carbocycles. The molecule has 0 aliphatic heterocycles. The number of carbonyl (C=O) groups is 2. The minimum Gasteiger partial charge on any atom is -0.355 e. The van der Waals surface area contributed by atoms with E-state index in [0.29, 0.717) is 16.8 Å². The van der Waals surface area contributed by atoms with E-state index in [0.717, 1.165) is 4.47 Å². The maximum atomic E-state index is 12.1. The summed E-state index contributed by atoms with van der Waals surface area (Å²) in [5, 5.41) is 5.31. The fraction of sp³-hybridized carbons (Fsp3) is 0.0667. The quantitative estimate of drug-likeness (QED) is 0.907. The topological polar surface area (TPSA) is 58.2 Å². The van der Waals surface area contributed by atoms with Crippen LogP contribution in [0.15, 0.2) is 53.0 Å². The first-order chi connectivity index (χ1) is 9.60. The highest BCUT2D eigenvalue weighted by Crippen LogP contribution is 2.15. The van der Waals surface area contributed by atoms with E-state index in [-0.39, 0.29) is 11.8 Å². The number of benzene rings is 2. The average Bonchev–Trinajstić information content (AvgIpc) is 2.46. The molecule has 0 unspecified atom stereocenters. The van der Waals surface area contributed by atoms with E-state index in [1.165, 1.54) is 0 Å². The predicted octanol–water partition coefficient (Wildman–Crippen LogP) is 3.06. The molecule has 0 bridgehead atoms. The fourth-order valence-electron chi connectivity index (χ4n) is 1.72. The van der Waals surface area contributed by atoms with Crippen LogP contribution in [0.25, 0.3) is 0 Å². The molecule has 2 aromatic rings. The highest BCUT2D eigenvalue weighted by molar-refractivity contribution is 9.10. The lowest BCUT2D eigenvalue weighted by Gasteiger charge is -2.07. The van der Waals surface area contributed by atoms with Gasteiger partial charge >= 0.3 is 0 Å². The Kier molecular flexibility index (Phi) is 4.53. The molecule has 0 aromatic heterocycles. The van der Waals surface area contributed by atoms with E-state index in [1.807, 2.05) is 6.07 Å². The van der Waals surface area contributed by atoms with Crippen molar-refractivity contribution in [3.05, 3.63) is 64.1 Å². The molecule has 0 aliphatic carbocycles. The van der Waals surface area contributed by atoms with Gasteiger partial charge in [-0.25, -0.2) is 0 Å². The molecule has 5 heteroatoms. The first-order valence-electron chi connectivity index (χ1n) is 5.99. The summed E-state index contributed by atoms with van der Waals surface area (Å²) >= 11 is 3.32. The Balaban J connectivity index is 2.18. The van der Waals surface area contributed by atoms with Gasteiger partial charge in [-0.05, 0) is 36.4 Å². The van der Waals surface area contributed by atoms with Crippen LogP contribution in [0.1, 0.15) is 20.7 Å². The van der Waals surface area contributed by atoms with Gasteiger partial charge in [0, 0.05) is 28.3 Å². The molecule has 20 heavy (non-hydrogen) atoms. The van der Waals surface area contributed by atoms with Crippen molar-refractivity contribution in [2.75, 3.05) is 12.4 Å². The SMILES string of the molecule is CNC(=O)c1cccc(NC(=O)c2cccc(Br)c2)c1. The lowest BCUT2D eigenvalue weighted by atomic mass is 10.1. The lowest BCUT2D eigenvalue weighted by Crippen LogP contribution is -2.18. The van der Waals surface area contributed by atoms with E-state index in [2.05, 4.69) is 26.6 Å². The molecular formula is C15H13BrN2O2. The number of nitrogens with one attached hydrogen (secondary N) is 2. The third-order valence-corrected chi connectivity index (χ3v) is 3.19. The number of hydrogen-bond acceptors (Lipinski definition) is 2. The maximum Gasteiger partial charge on any atom is 0.255 e. The normalized spacial score (nSPS) is 9.90. The van der Waals surface area contributed by atoms with Crippen molar-refractivity contribution in [1.82, 2.24) is 5.32 Å². The second-order valence-corrected chi connectivity index (χ2v) is 5.04. The molecule has 0 spiro atoms. The van der Waals surface area contributed by atoms with Gasteiger partial charge in [-0.1, -0.05) is 28.1 Å². The number of hydrogen-bond donors (Lipinski definition) is 2. The van der Waals surface area contributed by atoms with Crippen LogP contribution >= 0.6 is 15.9 Å². The molecule has 2 amide bonds. The van der Waals surface area contributed by atoms with Crippen molar-refractivity contribution in [3.63, 3.8) is 0 Å². The molecule has 0 heterocycles. The Hall–Kier alpha value is -2.14. The van der Waals surface area contributed by atoms with Crippen LogP contribution in [-0.4, -0.2) is 18.9 Å². The molecule has 4 nitrogen and oxygen atoms in total. The Morgan fingerprint density at radius 1 is 0.950 bits per heavy atom. The minimum atomic E-state index is -0.222. The highest BCUT2D eigenvalue weighted by Gasteiger charge is 2.08. The maximum absolute atomic E-state index is 12.1. The van der Waals surface area contributed by atoms with Gasteiger partial charge in [-0.3, -0.25) is 9.59 Å². The summed E-state index contributed by atoms with van der Waals surface area (Å²) in [5.41, 5.74) is 1.63. The van der Waals surface area contributed by atoms with E-state index in [4.69, 9.17) is 0 Å². The predicted molar refractivity (Wildman–Crippen MR) is 81.9 cm³/mol. The lowest BCUT2D eigenvalue weighted by molar-refractivity contribution is 0.0961. The summed E-state index contributed by atoms with van der Waals surface area (Å²) in [4.78, 5) is 23.6. The molecule has 0 atom stereocenters. The average molecular weight is 333 g/mol. The fourth-order valence-corrected chi connectivity index (χ4v) is 2.11. The summed E-state index contributed by atoms with van der Waals surface area (Å²) < 4.78 is 0.837. The molecule has 102 valence electrons. The van der Waals surface area contributed by atoms with E-state index in [1.54, 1.807) is 49.5 Å². The van der Waals surface area contributed by atoms with Gasteiger partial charge in [-0.2, -0.15) is 0 Å². The van der Waals surface area contributed by atoms with Gasteiger partial charge in [-0.15, -0.1) is 0 Å². The molecule has 0 radical (unpaired) electrons. The number of carbonyl (C=O) groups excluding carboxylic acids is 2. The van der Waals surface area contributed by atoms with Gasteiger partial charge in [0.1, 0.15) is 0 Å². The van der Waals surface area contributed by atoms with Crippen molar-refractivity contribution in [3.8, 4) is 0 Å². The summed E-state index contributed by atoms with van der Waals surface area (Å²) in [6, 6.07) is 13.9. The molecule has 2 rings (SSSR count). The van der Waals surface area contributed by atoms with Gasteiger partial charge in [0.15, 0.2) is 0 Å². The van der Waals surface area contributed by atoms with Crippen molar-refractivity contribution in [1.29, 1.82) is 0 Å². The highest BCUT2D eigenvalue weighted by atomic mass is 79.9. The standard InChI is InChI=1S/C15H13BrN2O2/c1-17-14(19)11-5-3-7-13(9-11)18-15(20)10-4-2-6-12(16)8-10/h2-9H,1H3,(H,17,19)(H,18,20). The Bertz CT molecular complexity index is 656. The van der Waals surface area contributed by atoms with Crippen LogP contribution in [0.3, 0.4) is 0 Å². The third kappa shape index (κ3) is 3.45. The van der Waals surface area contributed by atoms with Crippen LogP contribution in [0.2, 0.25) is 0 Å². The zero-order valence-corrected chi connectivity index (χ0v) is 12.4. The largest absolute Gasteiger partial charge is 0.355 e. The van der Waals surface area contributed by atoms with Crippen LogP contribution in [0, 0.1) is 0 Å². The Labute approximate surface area is 125 Å². The number of anilines is 1.